The van der Waals surface area contributed by atoms with E-state index in [4.69, 9.17) is 5.11 Å². The molecule has 0 aliphatic carbocycles. The summed E-state index contributed by atoms with van der Waals surface area (Å²) in [6, 6.07) is 3.77. The zero-order chi connectivity index (χ0) is 13.4. The maximum atomic E-state index is 13.9. The Kier molecular flexibility index (Phi) is 2.90. The SMILES string of the molecule is Cc1nn(C)c(C)c1-c1cc(C(=O)O)ccc1F. The van der Waals surface area contributed by atoms with E-state index in [0.29, 0.717) is 11.3 Å². The molecular formula is C13H13FN2O2. The second kappa shape index (κ2) is 4.25. The number of carboxylic acids is 1. The predicted molar refractivity (Wildman–Crippen MR) is 65.0 cm³/mol. The van der Waals surface area contributed by atoms with Crippen molar-refractivity contribution in [1.82, 2.24) is 9.78 Å². The van der Waals surface area contributed by atoms with Gasteiger partial charge in [0.2, 0.25) is 0 Å². The second-order valence-electron chi connectivity index (χ2n) is 4.17. The molecule has 1 aromatic carbocycles. The Morgan fingerprint density at radius 1 is 1.39 bits per heavy atom. The Bertz CT molecular complexity index is 632. The summed E-state index contributed by atoms with van der Waals surface area (Å²) in [4.78, 5) is 10.9. The van der Waals surface area contributed by atoms with E-state index in [2.05, 4.69) is 5.10 Å². The molecule has 18 heavy (non-hydrogen) atoms. The number of carboxylic acid groups (broad SMARTS) is 1. The predicted octanol–water partition coefficient (Wildman–Crippen LogP) is 2.54. The van der Waals surface area contributed by atoms with Crippen LogP contribution in [0.3, 0.4) is 0 Å². The van der Waals surface area contributed by atoms with Crippen molar-refractivity contribution < 1.29 is 14.3 Å². The lowest BCUT2D eigenvalue weighted by Gasteiger charge is -2.05. The lowest BCUT2D eigenvalue weighted by Crippen LogP contribution is -1.98. The van der Waals surface area contributed by atoms with Crippen LogP contribution in [0.4, 0.5) is 4.39 Å². The molecule has 1 N–H and O–H groups in total. The number of aromatic carboxylic acids is 1. The Morgan fingerprint density at radius 3 is 2.56 bits per heavy atom. The van der Waals surface area contributed by atoms with Crippen molar-refractivity contribution in [2.45, 2.75) is 13.8 Å². The van der Waals surface area contributed by atoms with E-state index >= 15 is 0 Å². The van der Waals surface area contributed by atoms with Crippen LogP contribution in [-0.2, 0) is 7.05 Å². The van der Waals surface area contributed by atoms with Gasteiger partial charge in [-0.1, -0.05) is 0 Å². The summed E-state index contributed by atoms with van der Waals surface area (Å²) in [5, 5.41) is 13.2. The van der Waals surface area contributed by atoms with Crippen LogP contribution in [0, 0.1) is 19.7 Å². The molecule has 1 aromatic heterocycles. The first-order valence-corrected chi connectivity index (χ1v) is 5.45. The number of rotatable bonds is 2. The standard InChI is InChI=1S/C13H13FN2O2/c1-7-12(8(2)16(3)15-7)10-6-9(13(17)18)4-5-11(10)14/h4-6H,1-3H3,(H,17,18). The highest BCUT2D eigenvalue weighted by molar-refractivity contribution is 5.89. The third-order valence-corrected chi connectivity index (χ3v) is 2.99. The molecule has 0 bridgehead atoms. The molecule has 0 saturated heterocycles. The zero-order valence-electron chi connectivity index (χ0n) is 10.4. The third-order valence-electron chi connectivity index (χ3n) is 2.99. The first kappa shape index (κ1) is 12.3. The minimum Gasteiger partial charge on any atom is -0.478 e. The van der Waals surface area contributed by atoms with E-state index in [1.165, 1.54) is 18.2 Å². The Labute approximate surface area is 104 Å². The van der Waals surface area contributed by atoms with Gasteiger partial charge in [0.1, 0.15) is 5.82 Å². The van der Waals surface area contributed by atoms with Gasteiger partial charge in [0.25, 0.3) is 0 Å². The Morgan fingerprint density at radius 2 is 2.06 bits per heavy atom. The molecule has 5 heteroatoms. The third kappa shape index (κ3) is 1.88. The van der Waals surface area contributed by atoms with Crippen molar-refractivity contribution in [2.75, 3.05) is 0 Å². The summed E-state index contributed by atoms with van der Waals surface area (Å²) in [5.41, 5.74) is 2.47. The number of carbonyl (C=O) groups is 1. The van der Waals surface area contributed by atoms with Crippen LogP contribution < -0.4 is 0 Å². The van der Waals surface area contributed by atoms with Gasteiger partial charge in [-0.2, -0.15) is 5.10 Å². The van der Waals surface area contributed by atoms with Crippen molar-refractivity contribution in [2.24, 2.45) is 7.05 Å². The van der Waals surface area contributed by atoms with Gasteiger partial charge in [0.15, 0.2) is 0 Å². The molecule has 2 rings (SSSR count). The molecule has 0 spiro atoms. The molecule has 0 aliphatic heterocycles. The Balaban J connectivity index is 2.70. The smallest absolute Gasteiger partial charge is 0.335 e. The van der Waals surface area contributed by atoms with Gasteiger partial charge >= 0.3 is 5.97 Å². The largest absolute Gasteiger partial charge is 0.478 e. The van der Waals surface area contributed by atoms with Crippen LogP contribution in [0.15, 0.2) is 18.2 Å². The minimum absolute atomic E-state index is 0.0639. The highest BCUT2D eigenvalue weighted by Gasteiger charge is 2.17. The summed E-state index contributed by atoms with van der Waals surface area (Å²) in [7, 11) is 1.77. The highest BCUT2D eigenvalue weighted by Crippen LogP contribution is 2.29. The maximum Gasteiger partial charge on any atom is 0.335 e. The van der Waals surface area contributed by atoms with Gasteiger partial charge in [0.05, 0.1) is 11.3 Å². The van der Waals surface area contributed by atoms with Gasteiger partial charge < -0.3 is 5.11 Å². The monoisotopic (exact) mass is 248 g/mol. The van der Waals surface area contributed by atoms with E-state index in [0.717, 1.165) is 5.69 Å². The number of aromatic nitrogens is 2. The fraction of sp³-hybridized carbons (Fsp3) is 0.231. The number of hydrogen-bond donors (Lipinski definition) is 1. The molecule has 2 aromatic rings. The Hall–Kier alpha value is -2.17. The van der Waals surface area contributed by atoms with Crippen molar-refractivity contribution in [3.63, 3.8) is 0 Å². The van der Waals surface area contributed by atoms with Crippen LogP contribution in [-0.4, -0.2) is 20.9 Å². The second-order valence-corrected chi connectivity index (χ2v) is 4.17. The van der Waals surface area contributed by atoms with Crippen molar-refractivity contribution in [3.8, 4) is 11.1 Å². The molecule has 0 atom stereocenters. The first-order valence-electron chi connectivity index (χ1n) is 5.45. The first-order chi connectivity index (χ1) is 8.41. The minimum atomic E-state index is -1.07. The molecule has 0 aliphatic rings. The zero-order valence-corrected chi connectivity index (χ0v) is 10.4. The fourth-order valence-electron chi connectivity index (χ4n) is 2.01. The van der Waals surface area contributed by atoms with Crippen LogP contribution in [0.1, 0.15) is 21.7 Å². The normalized spacial score (nSPS) is 10.7. The summed E-state index contributed by atoms with van der Waals surface area (Å²) in [5.74, 6) is -1.52. The van der Waals surface area contributed by atoms with Crippen molar-refractivity contribution in [1.29, 1.82) is 0 Å². The van der Waals surface area contributed by atoms with E-state index < -0.39 is 11.8 Å². The van der Waals surface area contributed by atoms with E-state index in [1.54, 1.807) is 18.7 Å². The summed E-state index contributed by atoms with van der Waals surface area (Å²) < 4.78 is 15.5. The van der Waals surface area contributed by atoms with Gasteiger partial charge in [-0.25, -0.2) is 9.18 Å². The van der Waals surface area contributed by atoms with Crippen LogP contribution in [0.5, 0.6) is 0 Å². The number of halogens is 1. The topological polar surface area (TPSA) is 55.1 Å². The van der Waals surface area contributed by atoms with Gasteiger partial charge in [0, 0.05) is 23.9 Å². The molecule has 1 heterocycles. The summed E-state index contributed by atoms with van der Waals surface area (Å²) in [6.45, 7) is 3.59. The summed E-state index contributed by atoms with van der Waals surface area (Å²) >= 11 is 0. The number of nitrogens with zero attached hydrogens (tertiary/aromatic N) is 2. The summed E-state index contributed by atoms with van der Waals surface area (Å²) in [6.07, 6.45) is 0. The number of hydrogen-bond acceptors (Lipinski definition) is 2. The lowest BCUT2D eigenvalue weighted by molar-refractivity contribution is 0.0697. The molecule has 4 nitrogen and oxygen atoms in total. The molecular weight excluding hydrogens is 235 g/mol. The van der Waals surface area contributed by atoms with Crippen LogP contribution in [0.2, 0.25) is 0 Å². The van der Waals surface area contributed by atoms with Crippen molar-refractivity contribution >= 4 is 5.97 Å². The highest BCUT2D eigenvalue weighted by atomic mass is 19.1. The van der Waals surface area contributed by atoms with Crippen molar-refractivity contribution in [3.05, 3.63) is 41.0 Å². The lowest BCUT2D eigenvalue weighted by atomic mass is 10.0. The number of benzene rings is 1. The molecule has 0 fully saturated rings. The quantitative estimate of drug-likeness (QED) is 0.888. The van der Waals surface area contributed by atoms with E-state index in [9.17, 15) is 9.18 Å². The van der Waals surface area contributed by atoms with Crippen LogP contribution in [0.25, 0.3) is 11.1 Å². The molecule has 0 amide bonds. The maximum absolute atomic E-state index is 13.9. The molecule has 0 unspecified atom stereocenters. The average Bonchev–Trinajstić information content (AvgIpc) is 2.54. The number of aryl methyl sites for hydroxylation is 2. The molecule has 0 radical (unpaired) electrons. The van der Waals surface area contributed by atoms with Gasteiger partial charge in [-0.05, 0) is 32.0 Å². The molecule has 94 valence electrons. The van der Waals surface area contributed by atoms with Gasteiger partial charge in [-0.15, -0.1) is 0 Å². The molecule has 0 saturated carbocycles. The van der Waals surface area contributed by atoms with Crippen LogP contribution >= 0.6 is 0 Å². The van der Waals surface area contributed by atoms with Gasteiger partial charge in [-0.3, -0.25) is 4.68 Å². The van der Waals surface area contributed by atoms with E-state index in [-0.39, 0.29) is 11.1 Å². The van der Waals surface area contributed by atoms with E-state index in [1.807, 2.05) is 6.92 Å². The fourth-order valence-corrected chi connectivity index (χ4v) is 2.01. The average molecular weight is 248 g/mol.